The average molecular weight is 541 g/mol. The Labute approximate surface area is 235 Å². The number of ether oxygens (including phenoxy) is 1. The second-order valence-corrected chi connectivity index (χ2v) is 16.9. The van der Waals surface area contributed by atoms with Crippen LogP contribution in [0.3, 0.4) is 0 Å². The van der Waals surface area contributed by atoms with Gasteiger partial charge in [-0.3, -0.25) is 4.79 Å². The fourth-order valence-electron chi connectivity index (χ4n) is 13.6. The number of carboxylic acids is 1. The van der Waals surface area contributed by atoms with Crippen LogP contribution < -0.4 is 0 Å². The molecule has 7 rings (SSSR count). The van der Waals surface area contributed by atoms with Gasteiger partial charge in [-0.05, 0) is 111 Å². The number of carboxylic acid groups (broad SMARTS) is 1. The minimum absolute atomic E-state index is 0.00947. The van der Waals surface area contributed by atoms with Crippen molar-refractivity contribution in [1.82, 2.24) is 0 Å². The average Bonchev–Trinajstić information content (AvgIpc) is 3.06. The van der Waals surface area contributed by atoms with Crippen molar-refractivity contribution in [1.29, 1.82) is 0 Å². The molecule has 2 spiro atoms. The number of aliphatic carboxylic acids is 1. The summed E-state index contributed by atoms with van der Waals surface area (Å²) in [6.45, 7) is 12.4. The molecule has 0 radical (unpaired) electrons. The Morgan fingerprint density at radius 1 is 0.923 bits per heavy atom. The van der Waals surface area contributed by atoms with E-state index in [0.717, 1.165) is 64.2 Å². The minimum Gasteiger partial charge on any atom is -0.481 e. The normalized spacial score (nSPS) is 61.0. The number of carbonyl (C=O) groups is 1. The van der Waals surface area contributed by atoms with Crippen molar-refractivity contribution < 1.29 is 24.9 Å². The quantitative estimate of drug-likeness (QED) is 0.346. The first-order valence-electron chi connectivity index (χ1n) is 16.2. The molecule has 3 N–H and O–H groups in total. The van der Waals surface area contributed by atoms with Crippen molar-refractivity contribution in [2.75, 3.05) is 6.61 Å². The Bertz CT molecular complexity index is 1120. The summed E-state index contributed by atoms with van der Waals surface area (Å²) < 4.78 is 6.33. The van der Waals surface area contributed by atoms with Gasteiger partial charge in [-0.1, -0.05) is 46.3 Å². The van der Waals surface area contributed by atoms with E-state index in [1.165, 1.54) is 12.8 Å². The smallest absolute Gasteiger partial charge is 0.309 e. The Hall–Kier alpha value is -0.910. The third kappa shape index (κ3) is 2.97. The van der Waals surface area contributed by atoms with E-state index in [1.54, 1.807) is 0 Å². The lowest BCUT2D eigenvalue weighted by Crippen LogP contribution is -2.74. The van der Waals surface area contributed by atoms with E-state index in [-0.39, 0.29) is 38.9 Å². The molecule has 0 amide bonds. The highest BCUT2D eigenvalue weighted by Gasteiger charge is 2.80. The first-order valence-corrected chi connectivity index (χ1v) is 16.2. The van der Waals surface area contributed by atoms with Crippen molar-refractivity contribution in [2.45, 2.75) is 129 Å². The van der Waals surface area contributed by atoms with Crippen LogP contribution in [0.15, 0.2) is 12.2 Å². The van der Waals surface area contributed by atoms with E-state index in [1.807, 2.05) is 6.92 Å². The van der Waals surface area contributed by atoms with E-state index in [9.17, 15) is 20.1 Å². The Balaban J connectivity index is 1.34. The minimum atomic E-state index is -1.22. The third-order valence-corrected chi connectivity index (χ3v) is 15.5. The van der Waals surface area contributed by atoms with E-state index in [2.05, 4.69) is 39.8 Å². The number of hydrogen-bond acceptors (Lipinski definition) is 4. The Morgan fingerprint density at radius 3 is 2.33 bits per heavy atom. The largest absolute Gasteiger partial charge is 0.481 e. The van der Waals surface area contributed by atoms with Gasteiger partial charge in [0.05, 0.1) is 17.6 Å². The van der Waals surface area contributed by atoms with Crippen LogP contribution in [0.1, 0.15) is 118 Å². The molecule has 0 aromatic rings. The van der Waals surface area contributed by atoms with Crippen LogP contribution in [-0.2, 0) is 9.53 Å². The summed E-state index contributed by atoms with van der Waals surface area (Å²) in [4.78, 5) is 12.5. The lowest BCUT2D eigenvalue weighted by atomic mass is 9.28. The summed E-state index contributed by atoms with van der Waals surface area (Å²) in [6.07, 6.45) is 16.9. The van der Waals surface area contributed by atoms with Crippen LogP contribution in [0.4, 0.5) is 0 Å². The van der Waals surface area contributed by atoms with E-state index < -0.39 is 22.8 Å². The summed E-state index contributed by atoms with van der Waals surface area (Å²) in [5.41, 5.74) is -1.41. The van der Waals surface area contributed by atoms with Crippen molar-refractivity contribution in [3.63, 3.8) is 0 Å². The highest BCUT2D eigenvalue weighted by Crippen LogP contribution is 2.82. The molecular formula is C34H52O5. The van der Waals surface area contributed by atoms with Crippen LogP contribution in [0.2, 0.25) is 0 Å². The molecule has 12 unspecified atom stereocenters. The lowest BCUT2D eigenvalue weighted by Gasteiger charge is -2.77. The number of allylic oxidation sites excluding steroid dienone is 1. The molecule has 2 bridgehead atoms. The van der Waals surface area contributed by atoms with E-state index >= 15 is 0 Å². The number of fused-ring (bicyclic) bond motifs is 5. The summed E-state index contributed by atoms with van der Waals surface area (Å²) in [7, 11) is 0. The van der Waals surface area contributed by atoms with Crippen LogP contribution in [0, 0.1) is 56.2 Å². The van der Waals surface area contributed by atoms with Gasteiger partial charge >= 0.3 is 5.97 Å². The Kier molecular flexibility index (Phi) is 5.34. The van der Waals surface area contributed by atoms with E-state index in [4.69, 9.17) is 4.74 Å². The molecule has 39 heavy (non-hydrogen) atoms. The van der Waals surface area contributed by atoms with Crippen LogP contribution in [0.5, 0.6) is 0 Å². The molecule has 218 valence electrons. The highest BCUT2D eigenvalue weighted by atomic mass is 16.6. The van der Waals surface area contributed by atoms with Crippen molar-refractivity contribution in [3.05, 3.63) is 12.2 Å². The molecule has 12 atom stereocenters. The zero-order chi connectivity index (χ0) is 27.9. The molecule has 6 fully saturated rings. The molecule has 0 aromatic heterocycles. The zero-order valence-electron chi connectivity index (χ0n) is 25.0. The first kappa shape index (κ1) is 27.0. The molecule has 0 aromatic carbocycles. The molecule has 5 saturated carbocycles. The predicted octanol–water partition coefficient (Wildman–Crippen LogP) is 6.71. The van der Waals surface area contributed by atoms with Gasteiger partial charge in [0.25, 0.3) is 0 Å². The van der Waals surface area contributed by atoms with Gasteiger partial charge in [-0.15, -0.1) is 0 Å². The number of rotatable bonds is 3. The van der Waals surface area contributed by atoms with Gasteiger partial charge in [0.1, 0.15) is 0 Å². The summed E-state index contributed by atoms with van der Waals surface area (Å²) in [5, 5.41) is 34.5. The van der Waals surface area contributed by atoms with Gasteiger partial charge in [-0.25, -0.2) is 0 Å². The SMILES string of the molecule is CCCC1C2(O)CC3(O)C=CCC45CCC6(C)C7CC(C)(C(=O)O)CCC7(C)CCC6(C)C4CCC1(CO2)C35. The van der Waals surface area contributed by atoms with Crippen molar-refractivity contribution in [3.8, 4) is 0 Å². The van der Waals surface area contributed by atoms with Gasteiger partial charge in [0.15, 0.2) is 5.79 Å². The van der Waals surface area contributed by atoms with Gasteiger partial charge in [-0.2, -0.15) is 0 Å². The molecule has 6 aliphatic carbocycles. The maximum absolute atomic E-state index is 12.5. The third-order valence-electron chi connectivity index (χ3n) is 15.5. The van der Waals surface area contributed by atoms with Crippen LogP contribution in [-0.4, -0.2) is 39.3 Å². The lowest BCUT2D eigenvalue weighted by molar-refractivity contribution is -0.309. The maximum Gasteiger partial charge on any atom is 0.309 e. The Morgan fingerprint density at radius 2 is 1.62 bits per heavy atom. The monoisotopic (exact) mass is 540 g/mol. The fourth-order valence-corrected chi connectivity index (χ4v) is 13.6. The molecule has 1 aliphatic heterocycles. The second-order valence-electron chi connectivity index (χ2n) is 16.9. The van der Waals surface area contributed by atoms with Gasteiger partial charge < -0.3 is 20.1 Å². The molecule has 5 heteroatoms. The van der Waals surface area contributed by atoms with Crippen LogP contribution >= 0.6 is 0 Å². The van der Waals surface area contributed by atoms with Gasteiger partial charge in [0, 0.05) is 23.7 Å². The van der Waals surface area contributed by atoms with Gasteiger partial charge in [0.2, 0.25) is 0 Å². The summed E-state index contributed by atoms with van der Waals surface area (Å²) in [6, 6.07) is 0. The topological polar surface area (TPSA) is 87.0 Å². The maximum atomic E-state index is 12.5. The molecule has 1 saturated heterocycles. The summed E-state index contributed by atoms with van der Waals surface area (Å²) in [5.74, 6) is -0.731. The molecule has 5 nitrogen and oxygen atoms in total. The second kappa shape index (κ2) is 7.72. The molecular weight excluding hydrogens is 488 g/mol. The number of aliphatic hydroxyl groups is 2. The molecule has 7 aliphatic rings. The van der Waals surface area contributed by atoms with Crippen molar-refractivity contribution in [2.24, 2.45) is 56.2 Å². The highest BCUT2D eigenvalue weighted by molar-refractivity contribution is 5.74. The fraction of sp³-hybridized carbons (Fsp3) is 0.912. The zero-order valence-corrected chi connectivity index (χ0v) is 25.0. The van der Waals surface area contributed by atoms with Crippen LogP contribution in [0.25, 0.3) is 0 Å². The number of hydrogen-bond donors (Lipinski definition) is 3. The standard InChI is InChI=1S/C34H52O5/c1-6-8-23-32-12-9-22-29(4)16-15-27(2)13-14-28(3,26(35)36)19-24(27)30(29,5)17-18-31(22)10-7-11-33(37,25(31)32)20-34(23,38)39-21-32/h7,11,22-25,37-38H,6,8-10,12-21H2,1-5H3,(H,35,36). The summed E-state index contributed by atoms with van der Waals surface area (Å²) >= 11 is 0. The van der Waals surface area contributed by atoms with E-state index in [0.29, 0.717) is 24.9 Å². The predicted molar refractivity (Wildman–Crippen MR) is 150 cm³/mol. The first-order chi connectivity index (χ1) is 18.2. The molecule has 1 heterocycles. The van der Waals surface area contributed by atoms with Crippen molar-refractivity contribution >= 4 is 5.97 Å².